The molecule has 0 saturated heterocycles. The highest BCUT2D eigenvalue weighted by Crippen LogP contribution is 2.26. The third-order valence-corrected chi connectivity index (χ3v) is 5.10. The molecule has 1 rings (SSSR count). The molecule has 0 aliphatic carbocycles. The number of carbonyl (C=O) groups is 1. The van der Waals surface area contributed by atoms with E-state index in [2.05, 4.69) is 53.4 Å². The van der Waals surface area contributed by atoms with E-state index in [0.29, 0.717) is 48.8 Å². The molecule has 4 nitrogen and oxygen atoms in total. The number of carbonyl (C=O) groups excluding carboxylic acids is 1. The third-order valence-electron chi connectivity index (χ3n) is 5.10. The van der Waals surface area contributed by atoms with Crippen LogP contribution in [0.15, 0.2) is 17.3 Å². The van der Waals surface area contributed by atoms with Crippen LogP contribution in [0.2, 0.25) is 0 Å². The number of ketones is 1. The Morgan fingerprint density at radius 2 is 1.62 bits per heavy atom. The Labute approximate surface area is 148 Å². The second-order valence-electron chi connectivity index (χ2n) is 8.39. The first-order valence-electron chi connectivity index (χ1n) is 9.38. The van der Waals surface area contributed by atoms with E-state index in [1.54, 1.807) is 0 Å². The predicted molar refractivity (Wildman–Crippen MR) is 103 cm³/mol. The van der Waals surface area contributed by atoms with Gasteiger partial charge in [-0.3, -0.25) is 9.79 Å². The lowest BCUT2D eigenvalue weighted by molar-refractivity contribution is -0.120. The Hall–Kier alpha value is -1.32. The van der Waals surface area contributed by atoms with Crippen LogP contribution in [0.1, 0.15) is 67.2 Å². The zero-order valence-corrected chi connectivity index (χ0v) is 16.4. The Morgan fingerprint density at radius 3 is 2.12 bits per heavy atom. The van der Waals surface area contributed by atoms with Crippen molar-refractivity contribution < 1.29 is 4.79 Å². The summed E-state index contributed by atoms with van der Waals surface area (Å²) in [6.45, 7) is 17.2. The van der Waals surface area contributed by atoms with Crippen LogP contribution < -0.4 is 11.1 Å². The molecule has 1 aliphatic rings. The lowest BCUT2D eigenvalue weighted by Gasteiger charge is -2.29. The van der Waals surface area contributed by atoms with Crippen molar-refractivity contribution in [1.82, 2.24) is 5.32 Å². The summed E-state index contributed by atoms with van der Waals surface area (Å²) in [5, 5.41) is 3.54. The first-order chi connectivity index (χ1) is 11.1. The molecule has 4 heteroatoms. The number of hydrogen-bond donors (Lipinski definition) is 2. The zero-order valence-electron chi connectivity index (χ0n) is 16.4. The van der Waals surface area contributed by atoms with Gasteiger partial charge in [-0.1, -0.05) is 48.1 Å². The maximum Gasteiger partial charge on any atom is 0.135 e. The van der Waals surface area contributed by atoms with E-state index >= 15 is 0 Å². The maximum absolute atomic E-state index is 12.6. The highest BCUT2D eigenvalue weighted by atomic mass is 16.1. The van der Waals surface area contributed by atoms with Crippen molar-refractivity contribution in [3.8, 4) is 0 Å². The normalized spacial score (nSPS) is 27.7. The number of nitrogens with zero attached hydrogens (tertiary/aromatic N) is 1. The van der Waals surface area contributed by atoms with Crippen LogP contribution in [0.4, 0.5) is 0 Å². The van der Waals surface area contributed by atoms with Crippen LogP contribution in [-0.2, 0) is 4.79 Å². The summed E-state index contributed by atoms with van der Waals surface area (Å²) in [5.74, 6) is 2.47. The Balaban J connectivity index is 3.10. The van der Waals surface area contributed by atoms with Gasteiger partial charge in [0, 0.05) is 31.0 Å². The lowest BCUT2D eigenvalue weighted by Crippen LogP contribution is -2.39. The minimum absolute atomic E-state index is 0.0132. The van der Waals surface area contributed by atoms with Gasteiger partial charge < -0.3 is 11.1 Å². The van der Waals surface area contributed by atoms with E-state index in [9.17, 15) is 4.79 Å². The minimum Gasteiger partial charge on any atom is -0.387 e. The zero-order chi connectivity index (χ0) is 18.4. The van der Waals surface area contributed by atoms with Gasteiger partial charge in [-0.05, 0) is 30.1 Å². The summed E-state index contributed by atoms with van der Waals surface area (Å²) in [7, 11) is 0. The molecule has 0 saturated carbocycles. The van der Waals surface area contributed by atoms with Gasteiger partial charge in [-0.25, -0.2) is 0 Å². The number of amidine groups is 1. The van der Waals surface area contributed by atoms with E-state index in [0.717, 1.165) is 12.1 Å². The third kappa shape index (κ3) is 6.66. The van der Waals surface area contributed by atoms with Crippen LogP contribution in [-0.4, -0.2) is 23.7 Å². The van der Waals surface area contributed by atoms with Gasteiger partial charge >= 0.3 is 0 Å². The van der Waals surface area contributed by atoms with E-state index in [4.69, 9.17) is 10.7 Å². The molecule has 0 aromatic carbocycles. The topological polar surface area (TPSA) is 67.5 Å². The van der Waals surface area contributed by atoms with Crippen molar-refractivity contribution in [3.63, 3.8) is 0 Å². The highest BCUT2D eigenvalue weighted by Gasteiger charge is 2.25. The molecule has 3 N–H and O–H groups in total. The summed E-state index contributed by atoms with van der Waals surface area (Å²) in [6, 6.07) is 0.220. The van der Waals surface area contributed by atoms with Crippen molar-refractivity contribution >= 4 is 11.6 Å². The second kappa shape index (κ2) is 9.24. The average molecular weight is 336 g/mol. The Kier molecular flexibility index (Phi) is 7.98. The van der Waals surface area contributed by atoms with Crippen LogP contribution >= 0.6 is 0 Å². The van der Waals surface area contributed by atoms with Crippen molar-refractivity contribution in [2.75, 3.05) is 0 Å². The lowest BCUT2D eigenvalue weighted by atomic mass is 9.84. The number of nitrogens with one attached hydrogen (secondary N) is 1. The molecular weight excluding hydrogens is 298 g/mol. The molecule has 0 bridgehead atoms. The SMILES string of the molecule is C=C1CC(C(C)C)CC(=O)CC(C(C)C)N=C(N)CC(C(C)C)N1. The first-order valence-corrected chi connectivity index (χ1v) is 9.38. The van der Waals surface area contributed by atoms with Crippen molar-refractivity contribution in [2.45, 2.75) is 79.3 Å². The first kappa shape index (κ1) is 20.7. The summed E-state index contributed by atoms with van der Waals surface area (Å²) in [5.41, 5.74) is 7.21. The molecule has 138 valence electrons. The van der Waals surface area contributed by atoms with Gasteiger partial charge in [0.25, 0.3) is 0 Å². The van der Waals surface area contributed by atoms with E-state index < -0.39 is 0 Å². The average Bonchev–Trinajstić information content (AvgIpc) is 2.43. The molecule has 3 unspecified atom stereocenters. The van der Waals surface area contributed by atoms with Crippen LogP contribution in [0.25, 0.3) is 0 Å². The van der Waals surface area contributed by atoms with Crippen molar-refractivity contribution in [1.29, 1.82) is 0 Å². The van der Waals surface area contributed by atoms with Gasteiger partial charge in [-0.2, -0.15) is 0 Å². The fraction of sp³-hybridized carbons (Fsp3) is 0.800. The monoisotopic (exact) mass is 335 g/mol. The molecule has 0 spiro atoms. The van der Waals surface area contributed by atoms with Crippen LogP contribution in [0.5, 0.6) is 0 Å². The van der Waals surface area contributed by atoms with Gasteiger partial charge in [-0.15, -0.1) is 0 Å². The smallest absolute Gasteiger partial charge is 0.135 e. The molecule has 24 heavy (non-hydrogen) atoms. The summed E-state index contributed by atoms with van der Waals surface area (Å²) < 4.78 is 0. The van der Waals surface area contributed by atoms with Crippen molar-refractivity contribution in [2.24, 2.45) is 34.4 Å². The molecule has 0 fully saturated rings. The molecule has 1 heterocycles. The Morgan fingerprint density at radius 1 is 1.00 bits per heavy atom. The molecule has 0 aromatic rings. The largest absolute Gasteiger partial charge is 0.387 e. The quantitative estimate of drug-likeness (QED) is 0.821. The number of Topliss-reactive ketones (excluding diaryl/α,β-unsaturated/α-hetero) is 1. The van der Waals surface area contributed by atoms with Gasteiger partial charge in [0.2, 0.25) is 0 Å². The molecular formula is C20H37N3O. The number of nitrogens with two attached hydrogens (primary N) is 1. The maximum atomic E-state index is 12.6. The predicted octanol–water partition coefficient (Wildman–Crippen LogP) is 3.91. The second-order valence-corrected chi connectivity index (χ2v) is 8.39. The molecule has 0 aromatic heterocycles. The number of allylic oxidation sites excluding steroid dienone is 1. The summed E-state index contributed by atoms with van der Waals surface area (Å²) in [4.78, 5) is 17.2. The van der Waals surface area contributed by atoms with Crippen LogP contribution in [0, 0.1) is 23.7 Å². The fourth-order valence-electron chi connectivity index (χ4n) is 3.17. The van der Waals surface area contributed by atoms with Crippen molar-refractivity contribution in [3.05, 3.63) is 12.3 Å². The highest BCUT2D eigenvalue weighted by molar-refractivity contribution is 5.83. The van der Waals surface area contributed by atoms with E-state index in [-0.39, 0.29) is 17.9 Å². The van der Waals surface area contributed by atoms with Gasteiger partial charge in [0.05, 0.1) is 11.9 Å². The fourth-order valence-corrected chi connectivity index (χ4v) is 3.17. The van der Waals surface area contributed by atoms with Crippen LogP contribution in [0.3, 0.4) is 0 Å². The minimum atomic E-state index is -0.0132. The molecule has 0 radical (unpaired) electrons. The number of aliphatic imine (C=N–C) groups is 1. The molecule has 3 atom stereocenters. The number of rotatable bonds is 3. The number of hydrogen-bond acceptors (Lipinski definition) is 4. The van der Waals surface area contributed by atoms with Gasteiger partial charge in [0.15, 0.2) is 0 Å². The van der Waals surface area contributed by atoms with Gasteiger partial charge in [0.1, 0.15) is 5.78 Å². The standard InChI is InChI=1S/C20H37N3O/c1-12(2)16-8-15(7)22-19(14(5)6)11-20(21)23-18(13(3)4)10-17(24)9-16/h12-14,16,18-19,22H,7-11H2,1-6H3,(H2,21,23). The van der Waals surface area contributed by atoms with E-state index in [1.165, 1.54) is 0 Å². The Bertz CT molecular complexity index is 466. The summed E-state index contributed by atoms with van der Waals surface area (Å²) >= 11 is 0. The molecule has 0 amide bonds. The van der Waals surface area contributed by atoms with E-state index in [1.807, 2.05) is 0 Å². The molecule has 1 aliphatic heterocycles. The summed E-state index contributed by atoms with van der Waals surface area (Å²) in [6.07, 6.45) is 2.63.